The monoisotopic (exact) mass is 299 g/mol. The number of carbonyl (C=O) groups excluding carboxylic acids is 2. The number of isocyanates is 1. The van der Waals surface area contributed by atoms with Crippen molar-refractivity contribution in [2.45, 2.75) is 6.92 Å². The molecule has 0 fully saturated rings. The van der Waals surface area contributed by atoms with Crippen LogP contribution < -0.4 is 0 Å². The lowest BCUT2D eigenvalue weighted by molar-refractivity contribution is 0.0494. The van der Waals surface area contributed by atoms with Gasteiger partial charge in [0.2, 0.25) is 11.8 Å². The first-order chi connectivity index (χ1) is 9.08. The number of halogens is 2. The summed E-state index contributed by atoms with van der Waals surface area (Å²) in [6.07, 6.45) is 1.36. The smallest absolute Gasteiger partial charge is 0.376 e. The molecule has 0 aliphatic heterocycles. The largest absolute Gasteiger partial charge is 0.460 e. The Labute approximate surface area is 117 Å². The summed E-state index contributed by atoms with van der Waals surface area (Å²) in [6.45, 7) is 1.81. The summed E-state index contributed by atoms with van der Waals surface area (Å²) in [5.41, 5.74) is 0.218. The molecule has 0 unspecified atom stereocenters. The van der Waals surface area contributed by atoms with Crippen molar-refractivity contribution in [1.29, 1.82) is 0 Å². The Bertz CT molecular complexity index is 701. The van der Waals surface area contributed by atoms with Crippen LogP contribution in [-0.2, 0) is 9.53 Å². The highest BCUT2D eigenvalue weighted by Gasteiger charge is 2.23. The molecule has 7 heteroatoms. The van der Waals surface area contributed by atoms with Gasteiger partial charge in [-0.2, -0.15) is 4.99 Å². The maximum Gasteiger partial charge on any atom is 0.376 e. The summed E-state index contributed by atoms with van der Waals surface area (Å²) in [4.78, 5) is 25.7. The molecular formula is C12H7Cl2NO4. The van der Waals surface area contributed by atoms with E-state index in [0.29, 0.717) is 10.4 Å². The third-order valence-electron chi connectivity index (χ3n) is 2.30. The van der Waals surface area contributed by atoms with Gasteiger partial charge < -0.3 is 9.15 Å². The van der Waals surface area contributed by atoms with E-state index in [4.69, 9.17) is 32.4 Å². The summed E-state index contributed by atoms with van der Waals surface area (Å²) >= 11 is 11.8. The first-order valence-electron chi connectivity index (χ1n) is 5.25. The number of rotatable bonds is 3. The van der Waals surface area contributed by atoms with Gasteiger partial charge in [0.05, 0.1) is 17.0 Å². The molecule has 2 rings (SSSR count). The van der Waals surface area contributed by atoms with Gasteiger partial charge in [0.25, 0.3) is 0 Å². The molecule has 1 aromatic heterocycles. The van der Waals surface area contributed by atoms with Crippen molar-refractivity contribution >= 4 is 51.9 Å². The lowest BCUT2D eigenvalue weighted by Gasteiger charge is -1.97. The molecule has 98 valence electrons. The highest BCUT2D eigenvalue weighted by molar-refractivity contribution is 6.38. The molecule has 1 heterocycles. The molecule has 1 aromatic carbocycles. The molecule has 19 heavy (non-hydrogen) atoms. The van der Waals surface area contributed by atoms with Gasteiger partial charge in [-0.05, 0) is 19.1 Å². The predicted octanol–water partition coefficient (Wildman–Crippen LogP) is 3.88. The number of aliphatic imine (C=N–C) groups is 1. The molecule has 0 radical (unpaired) electrons. The predicted molar refractivity (Wildman–Crippen MR) is 70.0 cm³/mol. The van der Waals surface area contributed by atoms with E-state index in [-0.39, 0.29) is 28.7 Å². The maximum atomic E-state index is 11.7. The number of benzene rings is 1. The fourth-order valence-electron chi connectivity index (χ4n) is 1.60. The van der Waals surface area contributed by atoms with Gasteiger partial charge >= 0.3 is 5.97 Å². The molecule has 0 N–H and O–H groups in total. The Kier molecular flexibility index (Phi) is 3.90. The first-order valence-corrected chi connectivity index (χ1v) is 6.00. The van der Waals surface area contributed by atoms with Crippen LogP contribution in [0.25, 0.3) is 11.0 Å². The van der Waals surface area contributed by atoms with Gasteiger partial charge in [0, 0.05) is 5.02 Å². The molecule has 0 atom stereocenters. The molecule has 0 saturated heterocycles. The van der Waals surface area contributed by atoms with Crippen LogP contribution in [0.3, 0.4) is 0 Å². The Morgan fingerprint density at radius 1 is 1.47 bits per heavy atom. The summed E-state index contributed by atoms with van der Waals surface area (Å²) in [5, 5.41) is 0.889. The van der Waals surface area contributed by atoms with Crippen LogP contribution in [0.2, 0.25) is 10.0 Å². The summed E-state index contributed by atoms with van der Waals surface area (Å²) in [6, 6.07) is 2.95. The molecule has 0 amide bonds. The average molecular weight is 300 g/mol. The minimum absolute atomic E-state index is 0.00727. The van der Waals surface area contributed by atoms with Crippen molar-refractivity contribution in [1.82, 2.24) is 0 Å². The van der Waals surface area contributed by atoms with Gasteiger partial charge in [-0.15, -0.1) is 0 Å². The van der Waals surface area contributed by atoms with Crippen LogP contribution in [0, 0.1) is 0 Å². The van der Waals surface area contributed by atoms with Gasteiger partial charge in [0.1, 0.15) is 5.69 Å². The number of nitrogens with zero attached hydrogens (tertiary/aromatic N) is 1. The van der Waals surface area contributed by atoms with Crippen LogP contribution in [0.4, 0.5) is 5.69 Å². The average Bonchev–Trinajstić information content (AvgIpc) is 2.70. The standard InChI is InChI=1S/C12H7Cl2NO4/c1-2-18-12(17)11-9(15-5-16)7-3-6(13)4-8(14)10(7)19-11/h3-4H,2H2,1H3. The number of ether oxygens (including phenoxy) is 1. The van der Waals surface area contributed by atoms with E-state index in [1.165, 1.54) is 18.2 Å². The number of esters is 1. The van der Waals surface area contributed by atoms with Crippen molar-refractivity contribution in [3.05, 3.63) is 27.9 Å². The minimum atomic E-state index is -0.736. The fraction of sp³-hybridized carbons (Fsp3) is 0.167. The van der Waals surface area contributed by atoms with E-state index in [1.54, 1.807) is 6.92 Å². The minimum Gasteiger partial charge on any atom is -0.460 e. The number of carbonyl (C=O) groups is 1. The van der Waals surface area contributed by atoms with E-state index < -0.39 is 5.97 Å². The van der Waals surface area contributed by atoms with Crippen LogP contribution in [-0.4, -0.2) is 18.7 Å². The zero-order valence-electron chi connectivity index (χ0n) is 9.70. The van der Waals surface area contributed by atoms with Crippen LogP contribution in [0.5, 0.6) is 0 Å². The molecule has 0 bridgehead atoms. The SMILES string of the molecule is CCOC(=O)c1oc2c(Cl)cc(Cl)cc2c1N=C=O. The highest BCUT2D eigenvalue weighted by Crippen LogP contribution is 2.39. The topological polar surface area (TPSA) is 68.9 Å². The van der Waals surface area contributed by atoms with Crippen molar-refractivity contribution < 1.29 is 18.7 Å². The van der Waals surface area contributed by atoms with Gasteiger partial charge in [-0.3, -0.25) is 0 Å². The van der Waals surface area contributed by atoms with Crippen molar-refractivity contribution in [3.63, 3.8) is 0 Å². The van der Waals surface area contributed by atoms with E-state index in [1.807, 2.05) is 0 Å². The Morgan fingerprint density at radius 3 is 2.84 bits per heavy atom. The first kappa shape index (κ1) is 13.6. The van der Waals surface area contributed by atoms with E-state index >= 15 is 0 Å². The Hall–Kier alpha value is -1.81. The Balaban J connectivity index is 2.77. The normalized spacial score (nSPS) is 10.3. The molecular weight excluding hydrogens is 293 g/mol. The number of furan rings is 1. The third kappa shape index (κ3) is 2.49. The second-order valence-corrected chi connectivity index (χ2v) is 4.31. The molecule has 0 aliphatic carbocycles. The Morgan fingerprint density at radius 2 is 2.21 bits per heavy atom. The zero-order chi connectivity index (χ0) is 14.0. The van der Waals surface area contributed by atoms with E-state index in [0.717, 1.165) is 0 Å². The molecule has 5 nitrogen and oxygen atoms in total. The summed E-state index contributed by atoms with van der Waals surface area (Å²) in [7, 11) is 0. The zero-order valence-corrected chi connectivity index (χ0v) is 11.2. The second kappa shape index (κ2) is 5.45. The third-order valence-corrected chi connectivity index (χ3v) is 2.80. The van der Waals surface area contributed by atoms with Gasteiger partial charge in [-0.1, -0.05) is 23.2 Å². The second-order valence-electron chi connectivity index (χ2n) is 3.47. The lowest BCUT2D eigenvalue weighted by Crippen LogP contribution is -2.03. The molecule has 2 aromatic rings. The quantitative estimate of drug-likeness (QED) is 0.490. The molecule has 0 aliphatic rings. The van der Waals surface area contributed by atoms with E-state index in [9.17, 15) is 9.59 Å². The summed E-state index contributed by atoms with van der Waals surface area (Å²) in [5.74, 6) is -0.941. The van der Waals surface area contributed by atoms with Crippen LogP contribution in [0.1, 0.15) is 17.5 Å². The number of hydrogen-bond donors (Lipinski definition) is 0. The van der Waals surface area contributed by atoms with Gasteiger partial charge in [0.15, 0.2) is 5.58 Å². The lowest BCUT2D eigenvalue weighted by atomic mass is 10.2. The number of fused-ring (bicyclic) bond motifs is 1. The van der Waals surface area contributed by atoms with Crippen molar-refractivity contribution in [2.75, 3.05) is 6.61 Å². The van der Waals surface area contributed by atoms with Crippen molar-refractivity contribution in [2.24, 2.45) is 4.99 Å². The van der Waals surface area contributed by atoms with Crippen LogP contribution in [0.15, 0.2) is 21.5 Å². The van der Waals surface area contributed by atoms with Gasteiger partial charge in [-0.25, -0.2) is 9.59 Å². The molecule has 0 saturated carbocycles. The molecule has 0 spiro atoms. The van der Waals surface area contributed by atoms with Crippen LogP contribution >= 0.6 is 23.2 Å². The summed E-state index contributed by atoms with van der Waals surface area (Å²) < 4.78 is 10.1. The van der Waals surface area contributed by atoms with E-state index in [2.05, 4.69) is 4.99 Å². The fourth-order valence-corrected chi connectivity index (χ4v) is 2.14. The number of hydrogen-bond acceptors (Lipinski definition) is 5. The highest BCUT2D eigenvalue weighted by atomic mass is 35.5. The van der Waals surface area contributed by atoms with Crippen molar-refractivity contribution in [3.8, 4) is 0 Å². The maximum absolute atomic E-state index is 11.7.